The zero-order chi connectivity index (χ0) is 22.2. The quantitative estimate of drug-likeness (QED) is 0.471. The van der Waals surface area contributed by atoms with Gasteiger partial charge in [-0.2, -0.15) is 5.10 Å². The summed E-state index contributed by atoms with van der Waals surface area (Å²) in [6.07, 6.45) is 0.713. The summed E-state index contributed by atoms with van der Waals surface area (Å²) in [6, 6.07) is 18.7. The molecule has 1 aliphatic heterocycles. The number of aromatic nitrogens is 2. The molecule has 4 aromatic rings. The number of hydrogen-bond acceptors (Lipinski definition) is 3. The highest BCUT2D eigenvalue weighted by atomic mass is 35.5. The molecule has 8 heteroatoms. The van der Waals surface area contributed by atoms with E-state index in [0.717, 1.165) is 10.9 Å². The smallest absolute Gasteiger partial charge is 0.251 e. The highest BCUT2D eigenvalue weighted by Crippen LogP contribution is 2.34. The highest BCUT2D eigenvalue weighted by Gasteiger charge is 2.24. The van der Waals surface area contributed by atoms with Crippen molar-refractivity contribution in [2.24, 2.45) is 0 Å². The first kappa shape index (κ1) is 20.8. The van der Waals surface area contributed by atoms with Crippen molar-refractivity contribution in [1.29, 1.82) is 0 Å². The number of nitrogens with one attached hydrogen (secondary N) is 1. The minimum Gasteiger partial charge on any atom is -0.348 e. The maximum atomic E-state index is 13.5. The minimum absolute atomic E-state index is 0.0836. The summed E-state index contributed by atoms with van der Waals surface area (Å²) >= 11 is 6.44. The molecule has 32 heavy (non-hydrogen) atoms. The number of fused-ring (bicyclic) bond motifs is 1. The first-order valence-electron chi connectivity index (χ1n) is 10.2. The lowest BCUT2D eigenvalue weighted by Crippen LogP contribution is -2.35. The van der Waals surface area contributed by atoms with E-state index in [2.05, 4.69) is 5.32 Å². The lowest BCUT2D eigenvalue weighted by Gasteiger charge is -2.11. The highest BCUT2D eigenvalue weighted by molar-refractivity contribution is 7.85. The zero-order valence-electron chi connectivity index (χ0n) is 16.9. The van der Waals surface area contributed by atoms with E-state index >= 15 is 0 Å². The number of carbonyl (C=O) groups excluding carboxylic acids is 1. The van der Waals surface area contributed by atoms with E-state index in [1.165, 1.54) is 12.1 Å². The number of rotatable bonds is 4. The van der Waals surface area contributed by atoms with Gasteiger partial charge in [-0.1, -0.05) is 29.8 Å². The number of halogens is 2. The average molecular weight is 468 g/mol. The van der Waals surface area contributed by atoms with Gasteiger partial charge in [0, 0.05) is 44.9 Å². The van der Waals surface area contributed by atoms with Crippen LogP contribution >= 0.6 is 11.6 Å². The molecule has 3 aromatic carbocycles. The molecule has 162 valence electrons. The van der Waals surface area contributed by atoms with Crippen LogP contribution in [0.3, 0.4) is 0 Å². The maximum Gasteiger partial charge on any atom is 0.251 e. The molecule has 1 unspecified atom stereocenters. The molecular formula is C24H19ClFN3O2S. The summed E-state index contributed by atoms with van der Waals surface area (Å²) in [4.78, 5) is 12.9. The van der Waals surface area contributed by atoms with Gasteiger partial charge in [0.05, 0.1) is 16.2 Å². The Morgan fingerprint density at radius 1 is 1.12 bits per heavy atom. The van der Waals surface area contributed by atoms with Gasteiger partial charge >= 0.3 is 0 Å². The molecule has 1 saturated heterocycles. The number of hydrogen-bond donors (Lipinski definition) is 1. The maximum absolute atomic E-state index is 13.5. The van der Waals surface area contributed by atoms with Crippen molar-refractivity contribution in [3.8, 4) is 16.9 Å². The predicted octanol–water partition coefficient (Wildman–Crippen LogP) is 4.74. The molecule has 0 spiro atoms. The topological polar surface area (TPSA) is 64.0 Å². The number of benzene rings is 3. The van der Waals surface area contributed by atoms with E-state index in [9.17, 15) is 13.4 Å². The molecule has 1 aliphatic rings. The summed E-state index contributed by atoms with van der Waals surface area (Å²) in [7, 11) is -0.871. The van der Waals surface area contributed by atoms with E-state index in [1.54, 1.807) is 35.0 Å². The van der Waals surface area contributed by atoms with Gasteiger partial charge in [0.1, 0.15) is 11.5 Å². The average Bonchev–Trinajstić information content (AvgIpc) is 3.37. The van der Waals surface area contributed by atoms with Crippen LogP contribution in [0.1, 0.15) is 16.8 Å². The Hall–Kier alpha value is -3.03. The lowest BCUT2D eigenvalue weighted by atomic mass is 10.1. The van der Waals surface area contributed by atoms with Gasteiger partial charge in [-0.25, -0.2) is 9.07 Å². The Bertz CT molecular complexity index is 1350. The minimum atomic E-state index is -0.871. The molecule has 5 nitrogen and oxygen atoms in total. The van der Waals surface area contributed by atoms with Gasteiger partial charge < -0.3 is 5.32 Å². The SMILES string of the molecule is O=C(N[C@@H]1CCS(=O)C1)c1ccc2c(-c3ccccc3Cl)nn(-c3ccc(F)cc3)c2c1. The lowest BCUT2D eigenvalue weighted by molar-refractivity contribution is 0.0941. The van der Waals surface area contributed by atoms with Crippen LogP contribution in [-0.2, 0) is 10.8 Å². The van der Waals surface area contributed by atoms with Crippen molar-refractivity contribution in [2.45, 2.75) is 12.5 Å². The Kier molecular flexibility index (Phi) is 5.53. The van der Waals surface area contributed by atoms with Gasteiger partial charge in [-0.05, 0) is 55.0 Å². The predicted molar refractivity (Wildman–Crippen MR) is 125 cm³/mol. The molecule has 0 bridgehead atoms. The fourth-order valence-corrected chi connectivity index (χ4v) is 5.57. The largest absolute Gasteiger partial charge is 0.348 e. The molecule has 0 aliphatic carbocycles. The van der Waals surface area contributed by atoms with Gasteiger partial charge in [0.25, 0.3) is 5.91 Å². The Balaban J connectivity index is 1.62. The Morgan fingerprint density at radius 2 is 1.91 bits per heavy atom. The fraction of sp³-hybridized carbons (Fsp3) is 0.167. The first-order valence-corrected chi connectivity index (χ1v) is 12.1. The van der Waals surface area contributed by atoms with Crippen LogP contribution in [0.2, 0.25) is 5.02 Å². The summed E-state index contributed by atoms with van der Waals surface area (Å²) < 4.78 is 26.8. The van der Waals surface area contributed by atoms with E-state index in [4.69, 9.17) is 16.7 Å². The molecule has 1 aromatic heterocycles. The van der Waals surface area contributed by atoms with Crippen LogP contribution in [0.5, 0.6) is 0 Å². The van der Waals surface area contributed by atoms with Gasteiger partial charge in [0.2, 0.25) is 0 Å². The van der Waals surface area contributed by atoms with Crippen molar-refractivity contribution >= 4 is 39.2 Å². The van der Waals surface area contributed by atoms with E-state index in [0.29, 0.717) is 45.4 Å². The van der Waals surface area contributed by atoms with Crippen LogP contribution in [0, 0.1) is 5.82 Å². The van der Waals surface area contributed by atoms with Crippen molar-refractivity contribution in [3.63, 3.8) is 0 Å². The van der Waals surface area contributed by atoms with Gasteiger partial charge in [-0.15, -0.1) is 0 Å². The summed E-state index contributed by atoms with van der Waals surface area (Å²) in [5, 5.41) is 9.13. The van der Waals surface area contributed by atoms with Crippen LogP contribution in [-0.4, -0.2) is 37.4 Å². The van der Waals surface area contributed by atoms with E-state index in [1.807, 2.05) is 24.3 Å². The Labute approximate surface area is 191 Å². The molecule has 0 saturated carbocycles. The second-order valence-electron chi connectivity index (χ2n) is 7.72. The molecule has 1 N–H and O–H groups in total. The molecule has 1 amide bonds. The molecule has 0 radical (unpaired) electrons. The third-order valence-electron chi connectivity index (χ3n) is 5.56. The fourth-order valence-electron chi connectivity index (χ4n) is 3.93. The van der Waals surface area contributed by atoms with Gasteiger partial charge in [0.15, 0.2) is 0 Å². The van der Waals surface area contributed by atoms with Crippen molar-refractivity contribution in [3.05, 3.63) is 83.1 Å². The second-order valence-corrected chi connectivity index (χ2v) is 9.75. The van der Waals surface area contributed by atoms with Crippen LogP contribution < -0.4 is 5.32 Å². The van der Waals surface area contributed by atoms with Crippen LogP contribution in [0.15, 0.2) is 66.7 Å². The van der Waals surface area contributed by atoms with E-state index < -0.39 is 10.8 Å². The normalized spacial score (nSPS) is 18.2. The zero-order valence-corrected chi connectivity index (χ0v) is 18.5. The molecule has 1 fully saturated rings. The van der Waals surface area contributed by atoms with Crippen molar-refractivity contribution < 1.29 is 13.4 Å². The van der Waals surface area contributed by atoms with Gasteiger partial charge in [-0.3, -0.25) is 9.00 Å². The molecule has 2 atom stereocenters. The summed E-state index contributed by atoms with van der Waals surface area (Å²) in [6.45, 7) is 0. The number of carbonyl (C=O) groups is 1. The van der Waals surface area contributed by atoms with Crippen LogP contribution in [0.25, 0.3) is 27.8 Å². The molecule has 2 heterocycles. The number of nitrogens with zero attached hydrogens (tertiary/aromatic N) is 2. The molecular weight excluding hydrogens is 449 g/mol. The number of amides is 1. The molecule has 5 rings (SSSR count). The van der Waals surface area contributed by atoms with Crippen molar-refractivity contribution in [2.75, 3.05) is 11.5 Å². The first-order chi connectivity index (χ1) is 15.5. The third kappa shape index (κ3) is 3.94. The van der Waals surface area contributed by atoms with Crippen LogP contribution in [0.4, 0.5) is 4.39 Å². The monoisotopic (exact) mass is 467 g/mol. The summed E-state index contributed by atoms with van der Waals surface area (Å²) in [5.74, 6) is 0.535. The Morgan fingerprint density at radius 3 is 2.62 bits per heavy atom. The summed E-state index contributed by atoms with van der Waals surface area (Å²) in [5.41, 5.74) is 3.29. The second kappa shape index (κ2) is 8.48. The third-order valence-corrected chi connectivity index (χ3v) is 7.35. The standard InChI is InChI=1S/C24H19ClFN3O2S/c25-21-4-2-1-3-19(21)23-20-10-5-15(24(30)27-17-11-12-32(31)14-17)13-22(20)29(28-23)18-8-6-16(26)7-9-18/h1-10,13,17H,11-12,14H2,(H,27,30)/t17-,32?/m1/s1. The van der Waals surface area contributed by atoms with Crippen molar-refractivity contribution in [1.82, 2.24) is 15.1 Å². The van der Waals surface area contributed by atoms with E-state index in [-0.39, 0.29) is 17.8 Å².